The van der Waals surface area contributed by atoms with Gasteiger partial charge in [0.15, 0.2) is 5.60 Å². The fourth-order valence-electron chi connectivity index (χ4n) is 1.59. The van der Waals surface area contributed by atoms with Crippen molar-refractivity contribution in [3.05, 3.63) is 29.8 Å². The molecule has 0 saturated heterocycles. The van der Waals surface area contributed by atoms with Crippen molar-refractivity contribution < 1.29 is 24.0 Å². The van der Waals surface area contributed by atoms with E-state index < -0.39 is 11.8 Å². The van der Waals surface area contributed by atoms with Crippen LogP contribution in [0, 0.1) is 0 Å². The van der Waals surface area contributed by atoms with E-state index >= 15 is 0 Å². The molecule has 0 heterocycles. The van der Waals surface area contributed by atoms with Gasteiger partial charge in [-0.05, 0) is 36.2 Å². The van der Waals surface area contributed by atoms with Crippen molar-refractivity contribution in [2.45, 2.75) is 31.5 Å². The van der Waals surface area contributed by atoms with Crippen LogP contribution in [0.25, 0.3) is 0 Å². The number of halogens is 3. The summed E-state index contributed by atoms with van der Waals surface area (Å²) in [6.45, 7) is 1.60. The molecule has 0 saturated carbocycles. The summed E-state index contributed by atoms with van der Waals surface area (Å²) in [5, 5.41) is 9.76. The molecule has 0 radical (unpaired) electrons. The van der Waals surface area contributed by atoms with E-state index in [0.717, 1.165) is 0 Å². The number of benzene rings is 1. The number of aliphatic hydroxyl groups is 1. The molecule has 2 nitrogen and oxygen atoms in total. The van der Waals surface area contributed by atoms with Gasteiger partial charge in [-0.25, -0.2) is 0 Å². The van der Waals surface area contributed by atoms with E-state index in [1.165, 1.54) is 24.3 Å². The Morgan fingerprint density at radius 2 is 1.69 bits per heavy atom. The Balaban J connectivity index is 3.16. The molecule has 0 fully saturated rings. The number of alkyl halides is 3. The molecule has 1 aromatic carbocycles. The summed E-state index contributed by atoms with van der Waals surface area (Å²) >= 11 is 0. The quantitative estimate of drug-likeness (QED) is 0.826. The SMILES string of the molecule is CCCC(O)(c1ccc([NH3+])cc1)C(F)(F)F. The van der Waals surface area contributed by atoms with Gasteiger partial charge in [0.05, 0.1) is 0 Å². The maximum atomic E-state index is 12.8. The van der Waals surface area contributed by atoms with E-state index in [-0.39, 0.29) is 18.4 Å². The molecule has 1 atom stereocenters. The Morgan fingerprint density at radius 1 is 1.19 bits per heavy atom. The first-order chi connectivity index (χ1) is 7.31. The van der Waals surface area contributed by atoms with Crippen molar-refractivity contribution in [2.75, 3.05) is 0 Å². The minimum absolute atomic E-state index is 0.130. The van der Waals surface area contributed by atoms with E-state index in [9.17, 15) is 18.3 Å². The lowest BCUT2D eigenvalue weighted by atomic mass is 9.88. The first-order valence-corrected chi connectivity index (χ1v) is 5.03. The Kier molecular flexibility index (Phi) is 3.60. The number of quaternary nitrogens is 1. The van der Waals surface area contributed by atoms with Crippen molar-refractivity contribution in [3.63, 3.8) is 0 Å². The van der Waals surface area contributed by atoms with E-state index in [2.05, 4.69) is 5.73 Å². The van der Waals surface area contributed by atoms with Gasteiger partial charge in [-0.15, -0.1) is 0 Å². The largest absolute Gasteiger partial charge is 0.421 e. The highest BCUT2D eigenvalue weighted by molar-refractivity contribution is 5.34. The van der Waals surface area contributed by atoms with Crippen LogP contribution in [0.3, 0.4) is 0 Å². The molecular weight excluding hydrogens is 219 g/mol. The third-order valence-electron chi connectivity index (χ3n) is 2.51. The molecule has 0 bridgehead atoms. The van der Waals surface area contributed by atoms with Crippen LogP contribution in [0.2, 0.25) is 0 Å². The Hall–Kier alpha value is -1.07. The van der Waals surface area contributed by atoms with E-state index in [1.54, 1.807) is 6.92 Å². The number of rotatable bonds is 3. The Morgan fingerprint density at radius 3 is 2.06 bits per heavy atom. The highest BCUT2D eigenvalue weighted by atomic mass is 19.4. The topological polar surface area (TPSA) is 47.9 Å². The molecular formula is C11H15F3NO+. The molecule has 0 spiro atoms. The van der Waals surface area contributed by atoms with Crippen LogP contribution in [0.4, 0.5) is 18.9 Å². The molecule has 16 heavy (non-hydrogen) atoms. The summed E-state index contributed by atoms with van der Waals surface area (Å²) in [6, 6.07) is 5.46. The monoisotopic (exact) mass is 234 g/mol. The summed E-state index contributed by atoms with van der Waals surface area (Å²) in [4.78, 5) is 0. The normalized spacial score (nSPS) is 15.9. The van der Waals surface area contributed by atoms with Gasteiger partial charge in [-0.3, -0.25) is 0 Å². The molecule has 0 amide bonds. The molecule has 0 aliphatic rings. The molecule has 0 aliphatic carbocycles. The second-order valence-corrected chi connectivity index (χ2v) is 3.80. The van der Waals surface area contributed by atoms with Crippen LogP contribution >= 0.6 is 0 Å². The van der Waals surface area contributed by atoms with Gasteiger partial charge in [0.2, 0.25) is 0 Å². The zero-order valence-electron chi connectivity index (χ0n) is 9.01. The zero-order valence-corrected chi connectivity index (χ0v) is 9.01. The molecule has 5 heteroatoms. The van der Waals surface area contributed by atoms with Crippen LogP contribution < -0.4 is 5.73 Å². The average Bonchev–Trinajstić information content (AvgIpc) is 2.17. The minimum Gasteiger partial charge on any atom is -0.376 e. The van der Waals surface area contributed by atoms with Gasteiger partial charge in [0.25, 0.3) is 0 Å². The van der Waals surface area contributed by atoms with Crippen LogP contribution in [-0.2, 0) is 5.60 Å². The van der Waals surface area contributed by atoms with E-state index in [1.807, 2.05) is 0 Å². The highest BCUT2D eigenvalue weighted by Gasteiger charge is 2.54. The maximum Gasteiger partial charge on any atom is 0.421 e. The van der Waals surface area contributed by atoms with Crippen LogP contribution in [0.5, 0.6) is 0 Å². The molecule has 0 aliphatic heterocycles. The summed E-state index contributed by atoms with van der Waals surface area (Å²) in [6.07, 6.45) is -4.75. The first kappa shape index (κ1) is 13.0. The average molecular weight is 234 g/mol. The van der Waals surface area contributed by atoms with Gasteiger partial charge in [0.1, 0.15) is 5.69 Å². The lowest BCUT2D eigenvalue weighted by Gasteiger charge is -2.30. The molecule has 90 valence electrons. The minimum atomic E-state index is -4.66. The van der Waals surface area contributed by atoms with Crippen LogP contribution in [0.15, 0.2) is 24.3 Å². The summed E-state index contributed by atoms with van der Waals surface area (Å²) < 4.78 is 38.4. The third-order valence-corrected chi connectivity index (χ3v) is 2.51. The van der Waals surface area contributed by atoms with Crippen molar-refractivity contribution in [2.24, 2.45) is 0 Å². The lowest BCUT2D eigenvalue weighted by molar-refractivity contribution is -0.269. The smallest absolute Gasteiger partial charge is 0.376 e. The molecule has 0 aromatic heterocycles. The summed E-state index contributed by atoms with van der Waals surface area (Å²) in [5.74, 6) is 0. The molecule has 1 unspecified atom stereocenters. The Bertz CT molecular complexity index is 347. The first-order valence-electron chi connectivity index (χ1n) is 5.03. The standard InChI is InChI=1S/C11H14F3NO/c1-2-7-10(16,11(12,13)14)8-3-5-9(15)6-4-8/h3-6,16H,2,7,15H2,1H3/p+1. The van der Waals surface area contributed by atoms with Gasteiger partial charge in [-0.2, -0.15) is 13.2 Å². The fourth-order valence-corrected chi connectivity index (χ4v) is 1.59. The van der Waals surface area contributed by atoms with Gasteiger partial charge in [-0.1, -0.05) is 13.3 Å². The Labute approximate surface area is 91.9 Å². The van der Waals surface area contributed by atoms with Crippen molar-refractivity contribution in [3.8, 4) is 0 Å². The van der Waals surface area contributed by atoms with Crippen LogP contribution in [-0.4, -0.2) is 11.3 Å². The second kappa shape index (κ2) is 4.43. The lowest BCUT2D eigenvalue weighted by Crippen LogP contribution is -2.43. The predicted molar refractivity (Wildman–Crippen MR) is 53.8 cm³/mol. The van der Waals surface area contributed by atoms with Gasteiger partial charge in [0, 0.05) is 0 Å². The molecule has 1 rings (SSSR count). The van der Waals surface area contributed by atoms with Crippen molar-refractivity contribution >= 4 is 5.69 Å². The highest BCUT2D eigenvalue weighted by Crippen LogP contribution is 2.42. The number of hydrogen-bond donors (Lipinski definition) is 2. The predicted octanol–water partition coefficient (Wildman–Crippen LogP) is 2.11. The van der Waals surface area contributed by atoms with Crippen LogP contribution in [0.1, 0.15) is 25.3 Å². The van der Waals surface area contributed by atoms with E-state index in [4.69, 9.17) is 0 Å². The fraction of sp³-hybridized carbons (Fsp3) is 0.455. The zero-order chi connectivity index (χ0) is 12.4. The molecule has 4 N–H and O–H groups in total. The van der Waals surface area contributed by atoms with Crippen molar-refractivity contribution in [1.29, 1.82) is 0 Å². The third kappa shape index (κ3) is 2.36. The second-order valence-electron chi connectivity index (χ2n) is 3.80. The summed E-state index contributed by atoms with van der Waals surface area (Å²) in [7, 11) is 0. The summed E-state index contributed by atoms with van der Waals surface area (Å²) in [5.41, 5.74) is 1.32. The van der Waals surface area contributed by atoms with E-state index in [0.29, 0.717) is 5.69 Å². The number of hydrogen-bond acceptors (Lipinski definition) is 1. The van der Waals surface area contributed by atoms with Gasteiger partial charge < -0.3 is 10.8 Å². The van der Waals surface area contributed by atoms with Crippen molar-refractivity contribution in [1.82, 2.24) is 0 Å². The molecule has 1 aromatic rings. The maximum absolute atomic E-state index is 12.8. The van der Waals surface area contributed by atoms with Gasteiger partial charge >= 0.3 is 6.18 Å².